The van der Waals surface area contributed by atoms with Crippen LogP contribution in [0, 0.1) is 5.82 Å². The Morgan fingerprint density at radius 2 is 2.00 bits per heavy atom. The van der Waals surface area contributed by atoms with Gasteiger partial charge in [-0.3, -0.25) is 9.13 Å². The predicted molar refractivity (Wildman–Crippen MR) is 139 cm³/mol. The quantitative estimate of drug-likeness (QED) is 0.341. The molecule has 5 heterocycles. The Labute approximate surface area is 218 Å². The maximum Gasteiger partial charge on any atom is 0.330 e. The average molecular weight is 525 g/mol. The first-order chi connectivity index (χ1) is 18.5. The lowest BCUT2D eigenvalue weighted by Gasteiger charge is -2.23. The number of halogens is 2. The van der Waals surface area contributed by atoms with Crippen LogP contribution in [-0.4, -0.2) is 74.8 Å². The third kappa shape index (κ3) is 4.64. The summed E-state index contributed by atoms with van der Waals surface area (Å²) in [5.74, 6) is -0.00120. The van der Waals surface area contributed by atoms with Crippen molar-refractivity contribution >= 4 is 22.1 Å². The first kappa shape index (κ1) is 24.9. The molecule has 0 spiro atoms. The summed E-state index contributed by atoms with van der Waals surface area (Å²) in [6.45, 7) is 3.71. The minimum atomic E-state index is -0.722. The van der Waals surface area contributed by atoms with Crippen molar-refractivity contribution in [3.8, 4) is 17.0 Å². The van der Waals surface area contributed by atoms with Gasteiger partial charge in [-0.25, -0.2) is 18.6 Å². The number of aryl methyl sites for hydroxylation is 1. The lowest BCUT2D eigenvalue weighted by atomic mass is 10.0. The fourth-order valence-electron chi connectivity index (χ4n) is 5.50. The lowest BCUT2D eigenvalue weighted by Crippen LogP contribution is -2.29. The monoisotopic (exact) mass is 524 g/mol. The summed E-state index contributed by atoms with van der Waals surface area (Å²) >= 11 is 0. The lowest BCUT2D eigenvalue weighted by molar-refractivity contribution is 0.0697. The van der Waals surface area contributed by atoms with Crippen LogP contribution in [0.3, 0.4) is 0 Å². The van der Waals surface area contributed by atoms with Gasteiger partial charge < -0.3 is 14.4 Å². The van der Waals surface area contributed by atoms with Crippen LogP contribution in [0.4, 0.5) is 8.78 Å². The molecular weight excluding hydrogens is 494 g/mol. The number of ether oxygens (including phenoxy) is 2. The Kier molecular flexibility index (Phi) is 6.79. The maximum absolute atomic E-state index is 15.2. The predicted octanol–water partition coefficient (Wildman–Crippen LogP) is 3.65. The van der Waals surface area contributed by atoms with Crippen molar-refractivity contribution in [2.75, 3.05) is 39.5 Å². The molecule has 1 atom stereocenters. The van der Waals surface area contributed by atoms with E-state index >= 15 is 4.39 Å². The summed E-state index contributed by atoms with van der Waals surface area (Å²) in [5.41, 5.74) is 2.27. The van der Waals surface area contributed by atoms with Crippen molar-refractivity contribution < 1.29 is 18.3 Å². The molecule has 0 bridgehead atoms. The number of imidazole rings is 1. The standard InChI is InChI=1S/C27H30F2N6O3/c1-33-26-25(35(27(33)36)19-6-11-37-12-7-19)21-13-20(22(29)14-23(21)31-32-26)17-3-4-24(30-15-17)38-10-2-8-34-9-5-18(28)16-34/h3-4,13-15,18-19H,2,5-12,16H2,1H3/t18-/m1/s1. The van der Waals surface area contributed by atoms with Crippen LogP contribution < -0.4 is 10.4 Å². The van der Waals surface area contributed by atoms with Crippen LogP contribution in [0.15, 0.2) is 35.3 Å². The normalized spacial score (nSPS) is 19.1. The Morgan fingerprint density at radius 3 is 2.74 bits per heavy atom. The molecule has 3 aromatic heterocycles. The number of hydrogen-bond acceptors (Lipinski definition) is 7. The van der Waals surface area contributed by atoms with Crippen LogP contribution in [0.5, 0.6) is 5.88 Å². The van der Waals surface area contributed by atoms with Gasteiger partial charge in [0, 0.05) is 80.8 Å². The van der Waals surface area contributed by atoms with Crippen molar-refractivity contribution in [3.05, 3.63) is 46.8 Å². The summed E-state index contributed by atoms with van der Waals surface area (Å²) in [6.07, 6.45) is 3.67. The van der Waals surface area contributed by atoms with Gasteiger partial charge in [-0.05, 0) is 37.8 Å². The second kappa shape index (κ2) is 10.4. The molecule has 6 rings (SSSR count). The average Bonchev–Trinajstić information content (AvgIpc) is 3.47. The molecule has 2 aliphatic rings. The van der Waals surface area contributed by atoms with Crippen molar-refractivity contribution in [2.24, 2.45) is 7.05 Å². The van der Waals surface area contributed by atoms with Gasteiger partial charge in [-0.2, -0.15) is 0 Å². The van der Waals surface area contributed by atoms with Gasteiger partial charge in [0.1, 0.15) is 17.5 Å². The fourth-order valence-corrected chi connectivity index (χ4v) is 5.50. The molecule has 2 aliphatic heterocycles. The highest BCUT2D eigenvalue weighted by Crippen LogP contribution is 2.32. The minimum Gasteiger partial charge on any atom is -0.478 e. The SMILES string of the molecule is Cn1c(=O)n(C2CCOCC2)c2c3cc(-c4ccc(OCCCN5CC[C@@H](F)C5)nc4)c(F)cc3nnc21. The highest BCUT2D eigenvalue weighted by Gasteiger charge is 2.25. The molecule has 38 heavy (non-hydrogen) atoms. The first-order valence-electron chi connectivity index (χ1n) is 13.1. The number of rotatable bonds is 7. The van der Waals surface area contributed by atoms with Crippen molar-refractivity contribution in [1.29, 1.82) is 0 Å². The second-order valence-corrected chi connectivity index (χ2v) is 10.1. The number of pyridine rings is 1. The van der Waals surface area contributed by atoms with Gasteiger partial charge in [0.2, 0.25) is 5.88 Å². The van der Waals surface area contributed by atoms with Crippen molar-refractivity contribution in [2.45, 2.75) is 37.9 Å². The Morgan fingerprint density at radius 1 is 1.16 bits per heavy atom. The van der Waals surface area contributed by atoms with Crippen LogP contribution in [0.25, 0.3) is 33.2 Å². The molecule has 0 aliphatic carbocycles. The molecule has 2 fully saturated rings. The van der Waals surface area contributed by atoms with Crippen LogP contribution in [-0.2, 0) is 11.8 Å². The molecule has 4 aromatic rings. The summed E-state index contributed by atoms with van der Waals surface area (Å²) < 4.78 is 43.0. The summed E-state index contributed by atoms with van der Waals surface area (Å²) in [4.78, 5) is 19.7. The Hall–Kier alpha value is -3.44. The largest absolute Gasteiger partial charge is 0.478 e. The molecule has 11 heteroatoms. The number of likely N-dealkylation sites (tertiary alicyclic amines) is 1. The summed E-state index contributed by atoms with van der Waals surface area (Å²) in [5, 5.41) is 9.12. The van der Waals surface area contributed by atoms with Gasteiger partial charge in [-0.1, -0.05) is 0 Å². The van der Waals surface area contributed by atoms with Crippen molar-refractivity contribution in [3.63, 3.8) is 0 Å². The van der Waals surface area contributed by atoms with Gasteiger partial charge in [-0.15, -0.1) is 10.2 Å². The topological polar surface area (TPSA) is 87.3 Å². The number of aromatic nitrogens is 5. The highest BCUT2D eigenvalue weighted by atomic mass is 19.1. The highest BCUT2D eigenvalue weighted by molar-refractivity contribution is 6.02. The molecule has 0 N–H and O–H groups in total. The molecule has 200 valence electrons. The van der Waals surface area contributed by atoms with E-state index in [4.69, 9.17) is 9.47 Å². The number of nitrogens with zero attached hydrogens (tertiary/aromatic N) is 6. The second-order valence-electron chi connectivity index (χ2n) is 10.1. The smallest absolute Gasteiger partial charge is 0.330 e. The van der Waals surface area contributed by atoms with E-state index in [0.717, 1.165) is 32.4 Å². The van der Waals surface area contributed by atoms with Gasteiger partial charge in [0.05, 0.1) is 12.1 Å². The van der Waals surface area contributed by atoms with Gasteiger partial charge in [0.25, 0.3) is 0 Å². The summed E-state index contributed by atoms with van der Waals surface area (Å²) in [7, 11) is 1.68. The van der Waals surface area contributed by atoms with E-state index in [0.29, 0.717) is 71.9 Å². The number of hydrogen-bond donors (Lipinski definition) is 0. The van der Waals surface area contributed by atoms with E-state index in [1.807, 2.05) is 0 Å². The maximum atomic E-state index is 15.2. The molecule has 0 radical (unpaired) electrons. The van der Waals surface area contributed by atoms with Crippen LogP contribution in [0.2, 0.25) is 0 Å². The van der Waals surface area contributed by atoms with E-state index < -0.39 is 12.0 Å². The van der Waals surface area contributed by atoms with Gasteiger partial charge in [0.15, 0.2) is 5.65 Å². The van der Waals surface area contributed by atoms with Crippen LogP contribution in [0.1, 0.15) is 31.7 Å². The molecule has 0 saturated carbocycles. The zero-order chi connectivity index (χ0) is 26.2. The summed E-state index contributed by atoms with van der Waals surface area (Å²) in [6, 6.07) is 6.54. The Bertz CT molecular complexity index is 1510. The molecular formula is C27H30F2N6O3. The molecule has 0 unspecified atom stereocenters. The van der Waals surface area contributed by atoms with E-state index in [1.54, 1.807) is 36.0 Å². The van der Waals surface area contributed by atoms with E-state index in [2.05, 4.69) is 20.1 Å². The van der Waals surface area contributed by atoms with E-state index in [-0.39, 0.29) is 11.7 Å². The van der Waals surface area contributed by atoms with E-state index in [9.17, 15) is 9.18 Å². The zero-order valence-electron chi connectivity index (χ0n) is 21.3. The third-order valence-electron chi connectivity index (χ3n) is 7.54. The third-order valence-corrected chi connectivity index (χ3v) is 7.54. The number of benzene rings is 1. The number of fused-ring (bicyclic) bond motifs is 3. The minimum absolute atomic E-state index is 0.0252. The zero-order valence-corrected chi connectivity index (χ0v) is 21.3. The number of alkyl halides is 1. The van der Waals surface area contributed by atoms with Crippen LogP contribution >= 0.6 is 0 Å². The first-order valence-corrected chi connectivity index (χ1v) is 13.1. The molecule has 0 amide bonds. The van der Waals surface area contributed by atoms with E-state index in [1.165, 1.54) is 10.6 Å². The molecule has 9 nitrogen and oxygen atoms in total. The fraction of sp³-hybridized carbons (Fsp3) is 0.481. The molecule has 2 saturated heterocycles. The molecule has 1 aromatic carbocycles. The Balaban J connectivity index is 1.28. The van der Waals surface area contributed by atoms with Crippen molar-refractivity contribution in [1.82, 2.24) is 29.2 Å². The van der Waals surface area contributed by atoms with Gasteiger partial charge >= 0.3 is 5.69 Å².